The summed E-state index contributed by atoms with van der Waals surface area (Å²) in [7, 11) is 3.57. The molecule has 1 heterocycles. The summed E-state index contributed by atoms with van der Waals surface area (Å²) in [5.41, 5.74) is 0.210. The molecule has 4 fully saturated rings. The van der Waals surface area contributed by atoms with E-state index in [1.807, 2.05) is 0 Å². The maximum atomic E-state index is 12.0. The summed E-state index contributed by atoms with van der Waals surface area (Å²) in [6, 6.07) is 1.69. The lowest BCUT2D eigenvalue weighted by Crippen LogP contribution is -2.65. The third-order valence-corrected chi connectivity index (χ3v) is 7.27. The Hall–Kier alpha value is -1.93. The predicted octanol–water partition coefficient (Wildman–Crippen LogP) is 2.35. The Labute approximate surface area is 165 Å². The van der Waals surface area contributed by atoms with E-state index in [4.69, 9.17) is 23.5 Å². The highest BCUT2D eigenvalue weighted by atomic mass is 16.7. The van der Waals surface area contributed by atoms with Crippen molar-refractivity contribution >= 4 is 18.6 Å². The largest absolute Gasteiger partial charge is 0.498 e. The summed E-state index contributed by atoms with van der Waals surface area (Å²) in [5.74, 6) is 0.440. The van der Waals surface area contributed by atoms with Gasteiger partial charge in [0.1, 0.15) is 11.3 Å². The highest BCUT2D eigenvalue weighted by molar-refractivity contribution is 6.63. The third kappa shape index (κ3) is 2.40. The Morgan fingerprint density at radius 2 is 1.82 bits per heavy atom. The van der Waals surface area contributed by atoms with Gasteiger partial charge < -0.3 is 28.6 Å². The maximum absolute atomic E-state index is 12.0. The van der Waals surface area contributed by atoms with Crippen LogP contribution in [0.3, 0.4) is 0 Å². The van der Waals surface area contributed by atoms with Gasteiger partial charge in [-0.3, -0.25) is 0 Å². The molecule has 1 aromatic rings. The van der Waals surface area contributed by atoms with Crippen LogP contribution in [0.1, 0.15) is 44.0 Å². The molecule has 0 unspecified atom stereocenters. The van der Waals surface area contributed by atoms with Gasteiger partial charge in [0.05, 0.1) is 33.0 Å². The maximum Gasteiger partial charge on any atom is 0.498 e. The summed E-state index contributed by atoms with van der Waals surface area (Å²) >= 11 is 0. The van der Waals surface area contributed by atoms with Crippen molar-refractivity contribution in [3.63, 3.8) is 0 Å². The minimum absolute atomic E-state index is 0.0274. The topological polar surface area (TPSA) is 83.5 Å². The molecule has 0 spiro atoms. The second kappa shape index (κ2) is 6.29. The van der Waals surface area contributed by atoms with E-state index < -0.39 is 18.7 Å². The zero-order valence-electron chi connectivity index (χ0n) is 17.2. The molecule has 4 aliphatic rings. The Kier molecular flexibility index (Phi) is 4.36. The molecule has 4 atom stereocenters. The molecule has 1 saturated heterocycles. The van der Waals surface area contributed by atoms with Gasteiger partial charge >= 0.3 is 13.1 Å². The van der Waals surface area contributed by atoms with Crippen LogP contribution in [0.2, 0.25) is 0 Å². The summed E-state index contributed by atoms with van der Waals surface area (Å²) < 4.78 is 28.9. The lowest BCUT2D eigenvalue weighted by Gasteiger charge is -2.64. The van der Waals surface area contributed by atoms with Crippen LogP contribution in [0, 0.1) is 17.3 Å². The fraction of sp³-hybridized carbons (Fsp3) is 0.650. The lowest BCUT2D eigenvalue weighted by atomic mass is 9.43. The molecule has 152 valence electrons. The van der Waals surface area contributed by atoms with Crippen molar-refractivity contribution in [1.82, 2.24) is 0 Å². The van der Waals surface area contributed by atoms with E-state index >= 15 is 0 Å². The molecule has 0 aromatic heterocycles. The van der Waals surface area contributed by atoms with Crippen LogP contribution in [-0.2, 0) is 9.31 Å². The normalized spacial score (nSPS) is 32.4. The Bertz CT molecular complexity index is 823. The minimum Gasteiger partial charge on any atom is -0.496 e. The van der Waals surface area contributed by atoms with Crippen molar-refractivity contribution in [3.8, 4) is 17.2 Å². The van der Waals surface area contributed by atoms with Crippen molar-refractivity contribution < 1.29 is 33.4 Å². The van der Waals surface area contributed by atoms with Crippen molar-refractivity contribution in [2.45, 2.75) is 45.3 Å². The van der Waals surface area contributed by atoms with Crippen LogP contribution in [0.4, 0.5) is 0 Å². The van der Waals surface area contributed by atoms with E-state index in [0.717, 1.165) is 12.8 Å². The van der Waals surface area contributed by atoms with E-state index in [-0.39, 0.29) is 28.6 Å². The van der Waals surface area contributed by atoms with Gasteiger partial charge in [0.25, 0.3) is 0 Å². The van der Waals surface area contributed by atoms with Crippen LogP contribution in [0.25, 0.3) is 0 Å². The van der Waals surface area contributed by atoms with E-state index in [0.29, 0.717) is 23.0 Å². The van der Waals surface area contributed by atoms with Crippen molar-refractivity contribution in [2.75, 3.05) is 21.3 Å². The number of ether oxygens (including phenoxy) is 3. The molecule has 28 heavy (non-hydrogen) atoms. The molecule has 3 saturated carbocycles. The highest BCUT2D eigenvalue weighted by Gasteiger charge is 2.68. The number of benzene rings is 1. The van der Waals surface area contributed by atoms with Crippen LogP contribution < -0.4 is 19.7 Å². The second-order valence-corrected chi connectivity index (χ2v) is 8.72. The van der Waals surface area contributed by atoms with E-state index in [9.17, 15) is 9.90 Å². The molecule has 2 bridgehead atoms. The molecule has 0 radical (unpaired) electrons. The van der Waals surface area contributed by atoms with Crippen LogP contribution in [0.5, 0.6) is 17.2 Å². The van der Waals surface area contributed by atoms with Crippen molar-refractivity contribution in [3.05, 3.63) is 11.6 Å². The second-order valence-electron chi connectivity index (χ2n) is 8.72. The number of rotatable bonds is 5. The summed E-state index contributed by atoms with van der Waals surface area (Å²) in [6.07, 6.45) is 2.05. The standard InChI is InChI=1S/C20H27BO7/c1-19(2)10-7-13(19)20(3)14(8-10)27-21(28-20)11-9-12(24-4)17(26-6)15(18(22)23)16(11)25-5/h9-10,13-14H,7-8H2,1-6H3,(H,22,23)/t10-,13-,14+,20-/m0/s1. The molecule has 0 amide bonds. The third-order valence-electron chi connectivity index (χ3n) is 7.27. The molecule has 1 aliphatic heterocycles. The predicted molar refractivity (Wildman–Crippen MR) is 103 cm³/mol. The van der Waals surface area contributed by atoms with Gasteiger partial charge in [-0.05, 0) is 43.1 Å². The Balaban J connectivity index is 1.78. The van der Waals surface area contributed by atoms with Gasteiger partial charge in [-0.2, -0.15) is 0 Å². The molecule has 3 aliphatic carbocycles. The van der Waals surface area contributed by atoms with Crippen molar-refractivity contribution in [2.24, 2.45) is 17.3 Å². The first-order valence-electron chi connectivity index (χ1n) is 9.58. The zero-order chi connectivity index (χ0) is 20.4. The van der Waals surface area contributed by atoms with Gasteiger partial charge in [0, 0.05) is 5.46 Å². The molecule has 7 nitrogen and oxygen atoms in total. The average molecular weight is 390 g/mol. The number of aromatic carboxylic acids is 1. The first kappa shape index (κ1) is 19.4. The van der Waals surface area contributed by atoms with Gasteiger partial charge in [-0.1, -0.05) is 13.8 Å². The number of methoxy groups -OCH3 is 3. The monoisotopic (exact) mass is 390 g/mol. The zero-order valence-corrected chi connectivity index (χ0v) is 17.2. The van der Waals surface area contributed by atoms with Crippen LogP contribution in [0.15, 0.2) is 6.07 Å². The molecular formula is C20H27BO7. The summed E-state index contributed by atoms with van der Waals surface area (Å²) in [6.45, 7) is 6.71. The van der Waals surface area contributed by atoms with Gasteiger partial charge in [-0.25, -0.2) is 4.79 Å². The van der Waals surface area contributed by atoms with E-state index in [1.54, 1.807) is 6.07 Å². The number of carboxylic acids is 1. The molecular weight excluding hydrogens is 363 g/mol. The molecule has 8 heteroatoms. The number of hydrogen-bond donors (Lipinski definition) is 1. The Morgan fingerprint density at radius 3 is 2.36 bits per heavy atom. The first-order valence-corrected chi connectivity index (χ1v) is 9.58. The minimum atomic E-state index is -1.17. The highest BCUT2D eigenvalue weighted by Crippen LogP contribution is 2.65. The van der Waals surface area contributed by atoms with Crippen molar-refractivity contribution in [1.29, 1.82) is 0 Å². The van der Waals surface area contributed by atoms with Gasteiger partial charge in [0.2, 0.25) is 0 Å². The Morgan fingerprint density at radius 1 is 1.14 bits per heavy atom. The summed E-state index contributed by atoms with van der Waals surface area (Å²) in [4.78, 5) is 12.0. The number of hydrogen-bond acceptors (Lipinski definition) is 6. The van der Waals surface area contributed by atoms with E-state index in [1.165, 1.54) is 21.3 Å². The fourth-order valence-electron chi connectivity index (χ4n) is 5.59. The summed E-state index contributed by atoms with van der Waals surface area (Å²) in [5, 5.41) is 9.77. The number of carboxylic acid groups (broad SMARTS) is 1. The van der Waals surface area contributed by atoms with Crippen LogP contribution in [-0.4, -0.2) is 51.2 Å². The number of carbonyl (C=O) groups is 1. The van der Waals surface area contributed by atoms with Gasteiger partial charge in [0.15, 0.2) is 11.5 Å². The van der Waals surface area contributed by atoms with Gasteiger partial charge in [-0.15, -0.1) is 0 Å². The molecule has 5 rings (SSSR count). The SMILES string of the molecule is COc1cc(B2O[C@@H]3C[C@@H]4C[C@@H](C4(C)C)[C@]3(C)O2)c(OC)c(C(=O)O)c1OC. The first-order chi connectivity index (χ1) is 13.2. The smallest absolute Gasteiger partial charge is 0.496 e. The average Bonchev–Trinajstić information content (AvgIpc) is 3.02. The quantitative estimate of drug-likeness (QED) is 0.773. The van der Waals surface area contributed by atoms with E-state index in [2.05, 4.69) is 20.8 Å². The molecule has 1 aromatic carbocycles. The molecule has 1 N–H and O–H groups in total. The lowest BCUT2D eigenvalue weighted by molar-refractivity contribution is -0.199. The van der Waals surface area contributed by atoms with Crippen LogP contribution >= 0.6 is 0 Å². The fourth-order valence-corrected chi connectivity index (χ4v) is 5.59.